The summed E-state index contributed by atoms with van der Waals surface area (Å²) in [5, 5.41) is 3.69. The van der Waals surface area contributed by atoms with E-state index >= 15 is 0 Å². The Kier molecular flexibility index (Phi) is 4.49. The molecule has 106 valence electrons. The summed E-state index contributed by atoms with van der Waals surface area (Å²) in [6.45, 7) is 8.10. The molecule has 2 atom stereocenters. The second kappa shape index (κ2) is 5.78. The van der Waals surface area contributed by atoms with Crippen molar-refractivity contribution in [1.82, 2.24) is 5.32 Å². The van der Waals surface area contributed by atoms with E-state index in [4.69, 9.17) is 16.3 Å². The Morgan fingerprint density at radius 2 is 2.11 bits per heavy atom. The molecule has 0 bridgehead atoms. The van der Waals surface area contributed by atoms with Gasteiger partial charge in [0.05, 0.1) is 11.1 Å². The summed E-state index contributed by atoms with van der Waals surface area (Å²) in [5.74, 6) is -0.389. The van der Waals surface area contributed by atoms with E-state index in [1.807, 2.05) is 0 Å². The van der Waals surface area contributed by atoms with Gasteiger partial charge < -0.3 is 10.1 Å². The summed E-state index contributed by atoms with van der Waals surface area (Å²) in [6, 6.07) is 5.21. The minimum Gasteiger partial charge on any atom is -0.372 e. The van der Waals surface area contributed by atoms with Crippen LogP contribution in [-0.4, -0.2) is 19.2 Å². The van der Waals surface area contributed by atoms with Crippen molar-refractivity contribution in [2.24, 2.45) is 5.41 Å². The molecule has 1 aliphatic heterocycles. The van der Waals surface area contributed by atoms with Gasteiger partial charge in [-0.15, -0.1) is 0 Å². The number of benzene rings is 1. The number of nitrogens with one attached hydrogen (secondary N) is 1. The third-order valence-electron chi connectivity index (χ3n) is 3.64. The third-order valence-corrected chi connectivity index (χ3v) is 3.93. The first-order chi connectivity index (χ1) is 8.88. The van der Waals surface area contributed by atoms with Gasteiger partial charge >= 0.3 is 0 Å². The van der Waals surface area contributed by atoms with E-state index in [1.165, 1.54) is 6.07 Å². The minimum atomic E-state index is -0.389. The molecule has 2 rings (SSSR count). The van der Waals surface area contributed by atoms with E-state index in [0.29, 0.717) is 12.6 Å². The van der Waals surface area contributed by atoms with Crippen LogP contribution in [0, 0.1) is 11.2 Å². The van der Waals surface area contributed by atoms with Gasteiger partial charge in [-0.1, -0.05) is 38.4 Å². The van der Waals surface area contributed by atoms with Crippen LogP contribution < -0.4 is 5.32 Å². The van der Waals surface area contributed by atoms with Gasteiger partial charge in [-0.05, 0) is 29.5 Å². The van der Waals surface area contributed by atoms with E-state index < -0.39 is 0 Å². The Bertz CT molecular complexity index is 444. The summed E-state index contributed by atoms with van der Waals surface area (Å²) >= 11 is 5.82. The fourth-order valence-electron chi connectivity index (χ4n) is 2.40. The molecule has 1 saturated heterocycles. The second-order valence-electron chi connectivity index (χ2n) is 6.15. The Labute approximate surface area is 119 Å². The van der Waals surface area contributed by atoms with Crippen molar-refractivity contribution in [3.8, 4) is 0 Å². The highest BCUT2D eigenvalue weighted by Crippen LogP contribution is 2.28. The maximum absolute atomic E-state index is 13.2. The second-order valence-corrected chi connectivity index (χ2v) is 6.56. The Hall–Kier alpha value is -0.640. The van der Waals surface area contributed by atoms with E-state index in [1.54, 1.807) is 12.1 Å². The molecule has 1 heterocycles. The summed E-state index contributed by atoms with van der Waals surface area (Å²) in [7, 11) is 0. The number of hydrogen-bond donors (Lipinski definition) is 1. The summed E-state index contributed by atoms with van der Waals surface area (Å²) < 4.78 is 19.0. The first-order valence-electron chi connectivity index (χ1n) is 6.68. The molecule has 0 aromatic heterocycles. The van der Waals surface area contributed by atoms with Gasteiger partial charge in [0.15, 0.2) is 0 Å². The molecule has 4 heteroatoms. The lowest BCUT2D eigenvalue weighted by atomic mass is 9.85. The summed E-state index contributed by atoms with van der Waals surface area (Å²) in [5.41, 5.74) is 1.13. The molecule has 1 fully saturated rings. The molecule has 1 aliphatic rings. The predicted octanol–water partition coefficient (Wildman–Crippen LogP) is 3.94. The Morgan fingerprint density at radius 1 is 1.37 bits per heavy atom. The molecule has 0 spiro atoms. The Balaban J connectivity index is 2.08. The van der Waals surface area contributed by atoms with E-state index in [-0.39, 0.29) is 22.4 Å². The zero-order valence-electron chi connectivity index (χ0n) is 11.7. The van der Waals surface area contributed by atoms with E-state index in [2.05, 4.69) is 26.1 Å². The van der Waals surface area contributed by atoms with Crippen molar-refractivity contribution in [3.63, 3.8) is 0 Å². The molecule has 2 nitrogen and oxygen atoms in total. The maximum Gasteiger partial charge on any atom is 0.141 e. The SMILES string of the molecule is CC(C)(C)C1CCOC(c2ccc(F)c(Cl)c2)CN1. The molecule has 0 radical (unpaired) electrons. The van der Waals surface area contributed by atoms with Crippen LogP contribution in [0.5, 0.6) is 0 Å². The van der Waals surface area contributed by atoms with Crippen molar-refractivity contribution < 1.29 is 9.13 Å². The lowest BCUT2D eigenvalue weighted by Crippen LogP contribution is -2.40. The van der Waals surface area contributed by atoms with Crippen molar-refractivity contribution in [2.75, 3.05) is 13.2 Å². The van der Waals surface area contributed by atoms with Gasteiger partial charge in [-0.3, -0.25) is 0 Å². The highest BCUT2D eigenvalue weighted by atomic mass is 35.5. The van der Waals surface area contributed by atoms with Gasteiger partial charge in [-0.2, -0.15) is 0 Å². The van der Waals surface area contributed by atoms with Gasteiger partial charge in [0.25, 0.3) is 0 Å². The molecule has 19 heavy (non-hydrogen) atoms. The van der Waals surface area contributed by atoms with Crippen molar-refractivity contribution in [2.45, 2.75) is 39.3 Å². The standard InChI is InChI=1S/C15H21ClFNO/c1-15(2,3)14-6-7-19-13(9-18-14)10-4-5-12(17)11(16)8-10/h4-5,8,13-14,18H,6-7,9H2,1-3H3. The zero-order chi connectivity index (χ0) is 14.0. The molecule has 0 saturated carbocycles. The molecule has 1 aromatic carbocycles. The first-order valence-corrected chi connectivity index (χ1v) is 7.05. The highest BCUT2D eigenvalue weighted by Gasteiger charge is 2.28. The number of ether oxygens (including phenoxy) is 1. The topological polar surface area (TPSA) is 21.3 Å². The van der Waals surface area contributed by atoms with E-state index in [9.17, 15) is 4.39 Å². The van der Waals surface area contributed by atoms with Gasteiger partial charge in [0, 0.05) is 19.2 Å². The molecular formula is C15H21ClFNO. The quantitative estimate of drug-likeness (QED) is 0.844. The normalized spacial score (nSPS) is 25.1. The largest absolute Gasteiger partial charge is 0.372 e. The predicted molar refractivity (Wildman–Crippen MR) is 76.0 cm³/mol. The van der Waals surface area contributed by atoms with Crippen LogP contribution in [0.4, 0.5) is 4.39 Å². The lowest BCUT2D eigenvalue weighted by molar-refractivity contribution is 0.0653. The van der Waals surface area contributed by atoms with Crippen LogP contribution in [0.1, 0.15) is 38.9 Å². The van der Waals surface area contributed by atoms with Crippen LogP contribution >= 0.6 is 11.6 Å². The van der Waals surface area contributed by atoms with Crippen molar-refractivity contribution >= 4 is 11.6 Å². The highest BCUT2D eigenvalue weighted by molar-refractivity contribution is 6.30. The average Bonchev–Trinajstić information content (AvgIpc) is 2.57. The first kappa shape index (κ1) is 14.8. The number of rotatable bonds is 1. The molecule has 1 aromatic rings. The van der Waals surface area contributed by atoms with E-state index in [0.717, 1.165) is 18.5 Å². The van der Waals surface area contributed by atoms with Crippen LogP contribution in [0.2, 0.25) is 5.02 Å². The van der Waals surface area contributed by atoms with Crippen molar-refractivity contribution in [1.29, 1.82) is 0 Å². The van der Waals surface area contributed by atoms with Gasteiger partial charge in [0.1, 0.15) is 5.82 Å². The minimum absolute atomic E-state index is 0.0644. The molecule has 0 amide bonds. The van der Waals surface area contributed by atoms with Crippen LogP contribution in [0.15, 0.2) is 18.2 Å². The molecule has 2 unspecified atom stereocenters. The zero-order valence-corrected chi connectivity index (χ0v) is 12.4. The molecule has 0 aliphatic carbocycles. The van der Waals surface area contributed by atoms with Crippen LogP contribution in [0.25, 0.3) is 0 Å². The van der Waals surface area contributed by atoms with Crippen LogP contribution in [-0.2, 0) is 4.74 Å². The molecular weight excluding hydrogens is 265 g/mol. The summed E-state index contributed by atoms with van der Waals surface area (Å²) in [4.78, 5) is 0. The fraction of sp³-hybridized carbons (Fsp3) is 0.600. The number of hydrogen-bond acceptors (Lipinski definition) is 2. The fourth-order valence-corrected chi connectivity index (χ4v) is 2.59. The lowest BCUT2D eigenvalue weighted by Gasteiger charge is -2.30. The van der Waals surface area contributed by atoms with Crippen LogP contribution in [0.3, 0.4) is 0 Å². The Morgan fingerprint density at radius 3 is 2.74 bits per heavy atom. The van der Waals surface area contributed by atoms with Gasteiger partial charge in [0.2, 0.25) is 0 Å². The number of halogens is 2. The smallest absolute Gasteiger partial charge is 0.141 e. The average molecular weight is 286 g/mol. The van der Waals surface area contributed by atoms with Gasteiger partial charge in [-0.25, -0.2) is 4.39 Å². The summed E-state index contributed by atoms with van der Waals surface area (Å²) in [6.07, 6.45) is 0.917. The maximum atomic E-state index is 13.2. The third kappa shape index (κ3) is 3.68. The monoisotopic (exact) mass is 285 g/mol. The van der Waals surface area contributed by atoms with Crippen molar-refractivity contribution in [3.05, 3.63) is 34.6 Å². The molecule has 1 N–H and O–H groups in total.